The fourth-order valence-electron chi connectivity index (χ4n) is 3.43. The number of ether oxygens (including phenoxy) is 3. The van der Waals surface area contributed by atoms with Gasteiger partial charge in [-0.3, -0.25) is 0 Å². The van der Waals surface area contributed by atoms with Crippen LogP contribution < -0.4 is 4.74 Å². The van der Waals surface area contributed by atoms with Crippen molar-refractivity contribution in [2.24, 2.45) is 0 Å². The lowest BCUT2D eigenvalue weighted by molar-refractivity contribution is -0.141. The molecule has 0 saturated carbocycles. The summed E-state index contributed by atoms with van der Waals surface area (Å²) in [5, 5.41) is 0. The molecule has 0 bridgehead atoms. The highest BCUT2D eigenvalue weighted by molar-refractivity contribution is 5.91. The summed E-state index contributed by atoms with van der Waals surface area (Å²) in [6, 6.07) is 16.8. The molecular weight excluding hydrogens is 428 g/mol. The van der Waals surface area contributed by atoms with Crippen LogP contribution in [0.2, 0.25) is 0 Å². The highest BCUT2D eigenvalue weighted by atomic mass is 16.5. The van der Waals surface area contributed by atoms with Gasteiger partial charge < -0.3 is 14.2 Å². The van der Waals surface area contributed by atoms with Crippen LogP contribution in [0.5, 0.6) is 11.5 Å². The van der Waals surface area contributed by atoms with E-state index in [9.17, 15) is 9.59 Å². The molecule has 2 aromatic carbocycles. The Morgan fingerprint density at radius 3 is 1.79 bits per heavy atom. The van der Waals surface area contributed by atoms with Gasteiger partial charge in [0.25, 0.3) is 0 Å². The largest absolute Gasteiger partial charge is 0.463 e. The minimum Gasteiger partial charge on any atom is -0.463 e. The molecule has 0 amide bonds. The third-order valence-corrected chi connectivity index (χ3v) is 5.38. The van der Waals surface area contributed by atoms with Gasteiger partial charge in [-0.05, 0) is 36.2 Å². The quantitative estimate of drug-likeness (QED) is 0.137. The highest BCUT2D eigenvalue weighted by Gasteiger charge is 2.03. The van der Waals surface area contributed by atoms with Crippen LogP contribution in [0.25, 0.3) is 0 Å². The molecule has 0 aliphatic heterocycles. The van der Waals surface area contributed by atoms with E-state index in [0.29, 0.717) is 12.4 Å². The molecule has 0 atom stereocenters. The third kappa shape index (κ3) is 12.8. The Bertz CT molecular complexity index is 843. The van der Waals surface area contributed by atoms with Gasteiger partial charge in [0.2, 0.25) is 0 Å². The van der Waals surface area contributed by atoms with Crippen LogP contribution in [0.3, 0.4) is 0 Å². The molecule has 0 radical (unpaired) electrons. The summed E-state index contributed by atoms with van der Waals surface area (Å²) in [5.41, 5.74) is 0.825. The van der Waals surface area contributed by atoms with Gasteiger partial charge in [-0.15, -0.1) is 0 Å². The lowest BCUT2D eigenvalue weighted by Gasteiger charge is -2.07. The van der Waals surface area contributed by atoms with Gasteiger partial charge >= 0.3 is 11.9 Å². The highest BCUT2D eigenvalue weighted by Crippen LogP contribution is 2.21. The van der Waals surface area contributed by atoms with Crippen molar-refractivity contribution in [1.82, 2.24) is 0 Å². The summed E-state index contributed by atoms with van der Waals surface area (Å²) >= 11 is 0. The van der Waals surface area contributed by atoms with E-state index in [1.54, 1.807) is 0 Å². The minimum absolute atomic E-state index is 0.114. The van der Waals surface area contributed by atoms with E-state index >= 15 is 0 Å². The maximum Gasteiger partial charge on any atom is 0.331 e. The summed E-state index contributed by atoms with van der Waals surface area (Å²) in [5.74, 6) is 0.356. The van der Waals surface area contributed by atoms with Crippen LogP contribution in [-0.4, -0.2) is 18.5 Å². The fraction of sp³-hybridized carbons (Fsp3) is 0.448. The zero-order valence-electron chi connectivity index (χ0n) is 20.4. The first kappa shape index (κ1) is 27.2. The standard InChI is InChI=1S/C29H38O5/c1-2-3-4-5-6-7-8-9-10-14-23-32-28(30)21-22-29(31)33-24-25-17-19-27(20-18-25)34-26-15-12-11-13-16-26/h11-13,15-22H,2-10,14,23-24H2,1H3/b22-21+. The first-order chi connectivity index (χ1) is 16.7. The molecule has 0 aromatic heterocycles. The zero-order chi connectivity index (χ0) is 24.3. The molecule has 2 aromatic rings. The Morgan fingerprint density at radius 1 is 0.647 bits per heavy atom. The summed E-state index contributed by atoms with van der Waals surface area (Å²) in [7, 11) is 0. The topological polar surface area (TPSA) is 61.8 Å². The van der Waals surface area contributed by atoms with Gasteiger partial charge in [0, 0.05) is 12.2 Å². The molecule has 2 rings (SSSR count). The monoisotopic (exact) mass is 466 g/mol. The van der Waals surface area contributed by atoms with Gasteiger partial charge in [0.15, 0.2) is 0 Å². The minimum atomic E-state index is -0.583. The summed E-state index contributed by atoms with van der Waals surface area (Å²) < 4.78 is 16.0. The molecule has 0 aliphatic rings. The number of hydrogen-bond acceptors (Lipinski definition) is 5. The molecule has 0 saturated heterocycles. The van der Waals surface area contributed by atoms with Crippen molar-refractivity contribution in [3.05, 3.63) is 72.3 Å². The number of rotatable bonds is 17. The van der Waals surface area contributed by atoms with Crippen LogP contribution in [-0.2, 0) is 25.7 Å². The van der Waals surface area contributed by atoms with Crippen molar-refractivity contribution in [3.8, 4) is 11.5 Å². The number of esters is 2. The van der Waals surface area contributed by atoms with Crippen molar-refractivity contribution in [3.63, 3.8) is 0 Å². The second kappa shape index (κ2) is 17.4. The Morgan fingerprint density at radius 2 is 1.18 bits per heavy atom. The predicted molar refractivity (Wildman–Crippen MR) is 135 cm³/mol. The van der Waals surface area contributed by atoms with Crippen molar-refractivity contribution >= 4 is 11.9 Å². The number of carbonyl (C=O) groups excluding carboxylic acids is 2. The van der Waals surface area contributed by atoms with Crippen LogP contribution in [0.4, 0.5) is 0 Å². The predicted octanol–water partition coefficient (Wildman–Crippen LogP) is 7.54. The molecule has 34 heavy (non-hydrogen) atoms. The van der Waals surface area contributed by atoms with E-state index in [2.05, 4.69) is 6.92 Å². The molecular formula is C29H38O5. The van der Waals surface area contributed by atoms with Crippen LogP contribution in [0.15, 0.2) is 66.7 Å². The number of carbonyl (C=O) groups is 2. The Balaban J connectivity index is 1.51. The molecule has 5 heteroatoms. The molecule has 5 nitrogen and oxygen atoms in total. The molecule has 0 fully saturated rings. The van der Waals surface area contributed by atoms with E-state index in [0.717, 1.165) is 36.3 Å². The number of unbranched alkanes of at least 4 members (excludes halogenated alkanes) is 9. The SMILES string of the molecule is CCCCCCCCCCCCOC(=O)/C=C/C(=O)OCc1ccc(Oc2ccccc2)cc1. The lowest BCUT2D eigenvalue weighted by Crippen LogP contribution is -2.05. The van der Waals surface area contributed by atoms with E-state index in [1.807, 2.05) is 54.6 Å². The average Bonchev–Trinajstić information content (AvgIpc) is 2.86. The van der Waals surface area contributed by atoms with Crippen LogP contribution >= 0.6 is 0 Å². The second-order valence-electron chi connectivity index (χ2n) is 8.35. The summed E-state index contributed by atoms with van der Waals surface area (Å²) in [6.07, 6.45) is 14.5. The van der Waals surface area contributed by atoms with Crippen molar-refractivity contribution in [2.75, 3.05) is 6.61 Å². The smallest absolute Gasteiger partial charge is 0.331 e. The Labute approximate surface area is 204 Å². The number of para-hydroxylation sites is 1. The summed E-state index contributed by atoms with van der Waals surface area (Å²) in [4.78, 5) is 23.6. The first-order valence-electron chi connectivity index (χ1n) is 12.5. The molecule has 0 aliphatic carbocycles. The van der Waals surface area contributed by atoms with Crippen LogP contribution in [0.1, 0.15) is 76.7 Å². The summed E-state index contributed by atoms with van der Waals surface area (Å²) in [6.45, 7) is 2.73. The third-order valence-electron chi connectivity index (χ3n) is 5.38. The first-order valence-corrected chi connectivity index (χ1v) is 12.5. The van der Waals surface area contributed by atoms with E-state index < -0.39 is 11.9 Å². The normalized spacial score (nSPS) is 10.9. The maximum absolute atomic E-state index is 11.8. The maximum atomic E-state index is 11.8. The van der Waals surface area contributed by atoms with E-state index in [4.69, 9.17) is 14.2 Å². The van der Waals surface area contributed by atoms with E-state index in [1.165, 1.54) is 51.4 Å². The van der Waals surface area contributed by atoms with Gasteiger partial charge in [0.05, 0.1) is 6.61 Å². The van der Waals surface area contributed by atoms with Gasteiger partial charge in [-0.25, -0.2) is 9.59 Å². The van der Waals surface area contributed by atoms with Crippen molar-refractivity contribution in [2.45, 2.75) is 77.7 Å². The van der Waals surface area contributed by atoms with Crippen molar-refractivity contribution < 1.29 is 23.8 Å². The molecule has 0 spiro atoms. The van der Waals surface area contributed by atoms with Gasteiger partial charge in [-0.1, -0.05) is 95.0 Å². The number of benzene rings is 2. The Kier molecular flexibility index (Phi) is 13.9. The van der Waals surface area contributed by atoms with Gasteiger partial charge in [-0.2, -0.15) is 0 Å². The molecule has 0 heterocycles. The lowest BCUT2D eigenvalue weighted by atomic mass is 10.1. The fourth-order valence-corrected chi connectivity index (χ4v) is 3.43. The molecule has 184 valence electrons. The molecule has 0 N–H and O–H groups in total. The Hall–Kier alpha value is -3.08. The molecule has 0 unspecified atom stereocenters. The van der Waals surface area contributed by atoms with Crippen molar-refractivity contribution in [1.29, 1.82) is 0 Å². The average molecular weight is 467 g/mol. The zero-order valence-corrected chi connectivity index (χ0v) is 20.4. The van der Waals surface area contributed by atoms with Crippen LogP contribution in [0, 0.1) is 0 Å². The number of hydrogen-bond donors (Lipinski definition) is 0. The van der Waals surface area contributed by atoms with Gasteiger partial charge in [0.1, 0.15) is 18.1 Å². The second-order valence-corrected chi connectivity index (χ2v) is 8.35. The van der Waals surface area contributed by atoms with E-state index in [-0.39, 0.29) is 6.61 Å².